The molecule has 0 bridgehead atoms. The molecular formula is C8H9INO-. The van der Waals surface area contributed by atoms with E-state index in [9.17, 15) is 5.11 Å². The van der Waals surface area contributed by atoms with E-state index in [-0.39, 0.29) is 0 Å². The van der Waals surface area contributed by atoms with Gasteiger partial charge in [-0.1, -0.05) is 0 Å². The maximum absolute atomic E-state index is 9.17. The molecule has 0 aliphatic carbocycles. The Morgan fingerprint density at radius 1 is 1.55 bits per heavy atom. The van der Waals surface area contributed by atoms with Crippen LogP contribution in [0.15, 0.2) is 18.2 Å². The average molecular weight is 262 g/mol. The van der Waals surface area contributed by atoms with Crippen LogP contribution in [-0.2, 0) is 0 Å². The van der Waals surface area contributed by atoms with Crippen LogP contribution in [0.1, 0.15) is 9.49 Å². The van der Waals surface area contributed by atoms with Crippen LogP contribution in [0.3, 0.4) is 0 Å². The van der Waals surface area contributed by atoms with E-state index in [2.05, 4.69) is 0 Å². The molecule has 0 saturated carbocycles. The molecule has 1 aliphatic rings. The topological polar surface area (TPSA) is 46.2 Å². The number of phenols is 1. The summed E-state index contributed by atoms with van der Waals surface area (Å²) in [4.78, 5) is 0. The number of hydrogen-bond acceptors (Lipinski definition) is 2. The molecule has 1 aromatic carbocycles. The van der Waals surface area contributed by atoms with E-state index in [1.165, 1.54) is 4.43 Å². The minimum atomic E-state index is 0.338. The van der Waals surface area contributed by atoms with E-state index in [0.717, 1.165) is 15.2 Å². The summed E-state index contributed by atoms with van der Waals surface area (Å²) >= 11 is 0.375. The van der Waals surface area contributed by atoms with Crippen LogP contribution in [-0.4, -0.2) is 9.53 Å². The van der Waals surface area contributed by atoms with Gasteiger partial charge >= 0.3 is 75.6 Å². The van der Waals surface area contributed by atoms with E-state index in [1.807, 2.05) is 0 Å². The number of phenolic OH excluding ortho intramolecular Hbond substituents is 1. The van der Waals surface area contributed by atoms with Crippen molar-refractivity contribution >= 4 is 5.69 Å². The number of nitrogen functional groups attached to an aromatic ring is 1. The Kier molecular flexibility index (Phi) is 1.67. The van der Waals surface area contributed by atoms with Crippen molar-refractivity contribution in [3.63, 3.8) is 0 Å². The standard InChI is InChI=1S/C8H9INO/c10-8-2-1-5(11)3-6(8)7-4-9-7/h1-3,7,11H,4,10H2/q-1. The number of benzene rings is 1. The summed E-state index contributed by atoms with van der Waals surface area (Å²) in [6, 6.07) is 5.22. The minimum absolute atomic E-state index is 0.338. The van der Waals surface area contributed by atoms with Gasteiger partial charge in [0.25, 0.3) is 0 Å². The van der Waals surface area contributed by atoms with E-state index >= 15 is 0 Å². The molecule has 0 radical (unpaired) electrons. The van der Waals surface area contributed by atoms with Crippen LogP contribution in [0.5, 0.6) is 5.75 Å². The second kappa shape index (κ2) is 2.55. The summed E-state index contributed by atoms with van der Waals surface area (Å²) in [5.74, 6) is 0.338. The van der Waals surface area contributed by atoms with Gasteiger partial charge in [0, 0.05) is 0 Å². The van der Waals surface area contributed by atoms with Crippen molar-refractivity contribution in [3.8, 4) is 5.75 Å². The first kappa shape index (κ1) is 7.21. The number of nitrogens with two attached hydrogens (primary N) is 1. The van der Waals surface area contributed by atoms with Crippen molar-refractivity contribution in [1.82, 2.24) is 0 Å². The molecule has 1 heterocycles. The van der Waals surface area contributed by atoms with Gasteiger partial charge in [-0.3, -0.25) is 0 Å². The monoisotopic (exact) mass is 262 g/mol. The second-order valence-corrected chi connectivity index (χ2v) is 5.85. The molecule has 0 amide bonds. The molecule has 2 rings (SSSR count). The van der Waals surface area contributed by atoms with Crippen molar-refractivity contribution in [1.29, 1.82) is 0 Å². The molecule has 0 spiro atoms. The normalized spacial score (nSPS) is 22.4. The summed E-state index contributed by atoms with van der Waals surface area (Å²) in [5.41, 5.74) is 7.74. The molecule has 3 N–H and O–H groups in total. The third-order valence-corrected chi connectivity index (χ3v) is 4.15. The zero-order valence-electron chi connectivity index (χ0n) is 5.92. The predicted molar refractivity (Wildman–Crippen MR) is 40.1 cm³/mol. The number of alkyl halides is 2. The quantitative estimate of drug-likeness (QED) is 0.269. The Balaban J connectivity index is 2.42. The van der Waals surface area contributed by atoms with Gasteiger partial charge in [0.1, 0.15) is 0 Å². The van der Waals surface area contributed by atoms with Crippen molar-refractivity contribution in [2.45, 2.75) is 3.92 Å². The molecule has 1 aliphatic heterocycles. The molecule has 1 aromatic rings. The van der Waals surface area contributed by atoms with Gasteiger partial charge in [-0.25, -0.2) is 0 Å². The zero-order chi connectivity index (χ0) is 7.84. The van der Waals surface area contributed by atoms with Crippen molar-refractivity contribution in [2.75, 3.05) is 10.2 Å². The van der Waals surface area contributed by atoms with Crippen LogP contribution in [0.4, 0.5) is 5.69 Å². The predicted octanol–water partition coefficient (Wildman–Crippen LogP) is -1.88. The number of anilines is 1. The molecule has 1 fully saturated rings. The van der Waals surface area contributed by atoms with Crippen LogP contribution in [0, 0.1) is 0 Å². The van der Waals surface area contributed by atoms with Crippen molar-refractivity contribution in [3.05, 3.63) is 23.8 Å². The molecule has 3 heteroatoms. The summed E-state index contributed by atoms with van der Waals surface area (Å²) in [7, 11) is 0. The van der Waals surface area contributed by atoms with Crippen LogP contribution < -0.4 is 26.9 Å². The van der Waals surface area contributed by atoms with E-state index in [0.29, 0.717) is 27.0 Å². The number of hydrogen-bond donors (Lipinski definition) is 2. The second-order valence-electron chi connectivity index (χ2n) is 2.59. The third-order valence-electron chi connectivity index (χ3n) is 1.72. The van der Waals surface area contributed by atoms with Crippen molar-refractivity contribution < 1.29 is 26.3 Å². The maximum atomic E-state index is 9.17. The Morgan fingerprint density at radius 3 is 2.91 bits per heavy atom. The molecule has 0 aromatic heterocycles. The molecule has 1 unspecified atom stereocenters. The van der Waals surface area contributed by atoms with Gasteiger partial charge in [-0.15, -0.1) is 0 Å². The number of aromatic hydroxyl groups is 1. The van der Waals surface area contributed by atoms with Gasteiger partial charge in [-0.2, -0.15) is 0 Å². The van der Waals surface area contributed by atoms with Gasteiger partial charge in [0.15, 0.2) is 0 Å². The van der Waals surface area contributed by atoms with Gasteiger partial charge in [0.2, 0.25) is 0 Å². The first-order valence-corrected chi connectivity index (χ1v) is 6.20. The fourth-order valence-corrected chi connectivity index (χ4v) is 2.79. The van der Waals surface area contributed by atoms with E-state index in [1.54, 1.807) is 18.2 Å². The third kappa shape index (κ3) is 1.42. The van der Waals surface area contributed by atoms with Crippen LogP contribution in [0.2, 0.25) is 0 Å². The van der Waals surface area contributed by atoms with Gasteiger partial charge in [-0.05, 0) is 0 Å². The fourth-order valence-electron chi connectivity index (χ4n) is 1.04. The first-order chi connectivity index (χ1) is 5.27. The van der Waals surface area contributed by atoms with E-state index in [4.69, 9.17) is 5.73 Å². The Morgan fingerprint density at radius 2 is 2.27 bits per heavy atom. The molecule has 1 saturated heterocycles. The average Bonchev–Trinajstić information content (AvgIpc) is 2.76. The summed E-state index contributed by atoms with van der Waals surface area (Å²) in [6.45, 7) is 0. The van der Waals surface area contributed by atoms with E-state index < -0.39 is 0 Å². The van der Waals surface area contributed by atoms with Crippen LogP contribution >= 0.6 is 0 Å². The molecule has 1 atom stereocenters. The zero-order valence-corrected chi connectivity index (χ0v) is 8.08. The summed E-state index contributed by atoms with van der Waals surface area (Å²) < 4.78 is 2.05. The number of halogens is 1. The molecule has 60 valence electrons. The van der Waals surface area contributed by atoms with Crippen molar-refractivity contribution in [2.24, 2.45) is 0 Å². The SMILES string of the molecule is Nc1ccc(O)cc1C1C[I-]1. The fraction of sp³-hybridized carbons (Fsp3) is 0.250. The molecule has 11 heavy (non-hydrogen) atoms. The number of rotatable bonds is 1. The van der Waals surface area contributed by atoms with Gasteiger partial charge in [0.05, 0.1) is 0 Å². The Hall–Kier alpha value is -0.450. The molecular weight excluding hydrogens is 253 g/mol. The van der Waals surface area contributed by atoms with Crippen LogP contribution in [0.25, 0.3) is 0 Å². The Bertz CT molecular complexity index is 283. The molecule has 2 nitrogen and oxygen atoms in total. The summed E-state index contributed by atoms with van der Waals surface area (Å²) in [5, 5.41) is 9.17. The Labute approximate surface area is 75.7 Å². The first-order valence-electron chi connectivity index (χ1n) is 3.43. The summed E-state index contributed by atoms with van der Waals surface area (Å²) in [6.07, 6.45) is 0. The van der Waals surface area contributed by atoms with Gasteiger partial charge < -0.3 is 0 Å².